The Morgan fingerprint density at radius 2 is 2.18 bits per heavy atom. The van der Waals surface area contributed by atoms with E-state index in [1.807, 2.05) is 0 Å². The minimum Gasteiger partial charge on any atom is -0.265 e. The molecule has 0 N–H and O–H groups in total. The van der Waals surface area contributed by atoms with E-state index in [0.717, 1.165) is 0 Å². The lowest BCUT2D eigenvalue weighted by atomic mass is 10.3. The van der Waals surface area contributed by atoms with Crippen LogP contribution in [0.15, 0.2) is 29.4 Å². The normalized spacial score (nSPS) is 8.73. The molecule has 0 atom stereocenters. The lowest BCUT2D eigenvalue weighted by Gasteiger charge is -1.91. The van der Waals surface area contributed by atoms with Crippen LogP contribution in [0.25, 0.3) is 10.4 Å². The standard InChI is InChI=1S/C6H4IN3O/c8-10-9-6-4-2-1-3-5(6)7-11/h1-4H. The van der Waals surface area contributed by atoms with Crippen LogP contribution in [0.5, 0.6) is 0 Å². The Labute approximate surface area is 73.5 Å². The van der Waals surface area contributed by atoms with Crippen molar-refractivity contribution in [1.82, 2.24) is 0 Å². The van der Waals surface area contributed by atoms with E-state index in [1.54, 1.807) is 24.3 Å². The summed E-state index contributed by atoms with van der Waals surface area (Å²) in [6.07, 6.45) is 0. The quantitative estimate of drug-likeness (QED) is 0.349. The molecule has 0 radical (unpaired) electrons. The van der Waals surface area contributed by atoms with Crippen LogP contribution >= 0.6 is 21.2 Å². The van der Waals surface area contributed by atoms with Crippen molar-refractivity contribution in [2.45, 2.75) is 0 Å². The fourth-order valence-corrected chi connectivity index (χ4v) is 1.51. The largest absolute Gasteiger partial charge is 0.265 e. The Kier molecular flexibility index (Phi) is 3.00. The molecular weight excluding hydrogens is 257 g/mol. The van der Waals surface area contributed by atoms with Crippen LogP contribution in [-0.4, -0.2) is 0 Å². The maximum Gasteiger partial charge on any atom is 0.182 e. The second kappa shape index (κ2) is 4.05. The predicted octanol–water partition coefficient (Wildman–Crippen LogP) is 3.11. The highest BCUT2D eigenvalue weighted by molar-refractivity contribution is 14.1. The van der Waals surface area contributed by atoms with Gasteiger partial charge in [-0.05, 0) is 11.6 Å². The van der Waals surface area contributed by atoms with Crippen LogP contribution in [0.3, 0.4) is 0 Å². The molecule has 56 valence electrons. The Hall–Kier alpha value is -0.940. The van der Waals surface area contributed by atoms with Crippen molar-refractivity contribution in [3.63, 3.8) is 0 Å². The molecular formula is C6H4IN3O. The van der Waals surface area contributed by atoms with Crippen molar-refractivity contribution in [2.24, 2.45) is 5.11 Å². The molecule has 11 heavy (non-hydrogen) atoms. The maximum atomic E-state index is 10.6. The highest BCUT2D eigenvalue weighted by atomic mass is 127. The molecule has 0 saturated heterocycles. The first-order chi connectivity index (χ1) is 5.38. The third-order valence-electron chi connectivity index (χ3n) is 1.09. The summed E-state index contributed by atoms with van der Waals surface area (Å²) in [5, 5.41) is 3.39. The highest BCUT2D eigenvalue weighted by Crippen LogP contribution is 2.23. The van der Waals surface area contributed by atoms with E-state index in [-0.39, 0.29) is 0 Å². The zero-order valence-corrected chi connectivity index (χ0v) is 7.59. The third-order valence-corrected chi connectivity index (χ3v) is 2.47. The molecule has 0 unspecified atom stereocenters. The zero-order valence-electron chi connectivity index (χ0n) is 5.44. The van der Waals surface area contributed by atoms with Gasteiger partial charge in [0, 0.05) is 4.91 Å². The van der Waals surface area contributed by atoms with E-state index in [9.17, 15) is 3.07 Å². The molecule has 1 rings (SSSR count). The van der Waals surface area contributed by atoms with Crippen molar-refractivity contribution in [3.05, 3.63) is 38.3 Å². The number of hydrogen-bond acceptors (Lipinski definition) is 2. The number of benzene rings is 1. The van der Waals surface area contributed by atoms with Gasteiger partial charge in [0.05, 0.1) is 9.26 Å². The zero-order chi connectivity index (χ0) is 8.10. The van der Waals surface area contributed by atoms with Gasteiger partial charge in [-0.25, -0.2) is 0 Å². The van der Waals surface area contributed by atoms with Gasteiger partial charge in [-0.1, -0.05) is 23.3 Å². The Balaban J connectivity index is 3.21. The van der Waals surface area contributed by atoms with Gasteiger partial charge in [0.15, 0.2) is 21.2 Å². The smallest absolute Gasteiger partial charge is 0.182 e. The van der Waals surface area contributed by atoms with E-state index < -0.39 is 21.2 Å². The summed E-state index contributed by atoms with van der Waals surface area (Å²) < 4.78 is 11.2. The second-order valence-electron chi connectivity index (χ2n) is 1.72. The Morgan fingerprint density at radius 3 is 2.82 bits per heavy atom. The lowest BCUT2D eigenvalue weighted by molar-refractivity contribution is 0.648. The van der Waals surface area contributed by atoms with E-state index in [1.165, 1.54) is 0 Å². The fraction of sp³-hybridized carbons (Fsp3) is 0. The summed E-state index contributed by atoms with van der Waals surface area (Å²) in [6, 6.07) is 6.85. The van der Waals surface area contributed by atoms with Crippen LogP contribution in [-0.2, 0) is 3.07 Å². The van der Waals surface area contributed by atoms with Crippen LogP contribution < -0.4 is 0 Å². The van der Waals surface area contributed by atoms with E-state index >= 15 is 0 Å². The second-order valence-corrected chi connectivity index (χ2v) is 3.32. The van der Waals surface area contributed by atoms with Gasteiger partial charge >= 0.3 is 0 Å². The SMILES string of the molecule is [N-]=[N+]=Nc1ccccc1I=O. The average Bonchev–Trinajstić information content (AvgIpc) is 2.06. The minimum absolute atomic E-state index is 0.470. The van der Waals surface area contributed by atoms with Crippen LogP contribution in [0.4, 0.5) is 5.69 Å². The fourth-order valence-electron chi connectivity index (χ4n) is 0.646. The van der Waals surface area contributed by atoms with E-state index in [2.05, 4.69) is 10.0 Å². The van der Waals surface area contributed by atoms with E-state index in [0.29, 0.717) is 9.26 Å². The lowest BCUT2D eigenvalue weighted by Crippen LogP contribution is -1.69. The van der Waals surface area contributed by atoms with Crippen LogP contribution in [0, 0.1) is 3.57 Å². The van der Waals surface area contributed by atoms with E-state index in [4.69, 9.17) is 5.53 Å². The van der Waals surface area contributed by atoms with Gasteiger partial charge in [-0.2, -0.15) is 0 Å². The molecule has 0 aromatic heterocycles. The number of hydrogen-bond donors (Lipinski definition) is 0. The first-order valence-electron chi connectivity index (χ1n) is 2.79. The predicted molar refractivity (Wildman–Crippen MR) is 48.7 cm³/mol. The topological polar surface area (TPSA) is 65.8 Å². The molecule has 0 spiro atoms. The van der Waals surface area contributed by atoms with Gasteiger partial charge in [0.1, 0.15) is 0 Å². The highest BCUT2D eigenvalue weighted by Gasteiger charge is 1.96. The van der Waals surface area contributed by atoms with Gasteiger partial charge in [-0.15, -0.1) is 0 Å². The summed E-state index contributed by atoms with van der Waals surface area (Å²) in [5.74, 6) is 0. The van der Waals surface area contributed by atoms with Gasteiger partial charge in [0.25, 0.3) is 0 Å². The summed E-state index contributed by atoms with van der Waals surface area (Å²) in [7, 11) is 0. The monoisotopic (exact) mass is 261 g/mol. The molecule has 4 nitrogen and oxygen atoms in total. The third kappa shape index (κ3) is 1.99. The number of azide groups is 1. The van der Waals surface area contributed by atoms with Crippen molar-refractivity contribution in [3.8, 4) is 0 Å². The maximum absolute atomic E-state index is 10.6. The van der Waals surface area contributed by atoms with Gasteiger partial charge < -0.3 is 0 Å². The van der Waals surface area contributed by atoms with Crippen molar-refractivity contribution >= 4 is 26.9 Å². The molecule has 0 saturated carbocycles. The Bertz CT molecular complexity index is 319. The average molecular weight is 261 g/mol. The van der Waals surface area contributed by atoms with Crippen LogP contribution in [0.2, 0.25) is 0 Å². The number of halogens is 1. The molecule has 1 aromatic carbocycles. The molecule has 0 amide bonds. The Morgan fingerprint density at radius 1 is 1.45 bits per heavy atom. The summed E-state index contributed by atoms with van der Waals surface area (Å²) in [5.41, 5.74) is 8.58. The minimum atomic E-state index is -1.24. The molecule has 0 heterocycles. The summed E-state index contributed by atoms with van der Waals surface area (Å²) in [6.45, 7) is 0. The molecule has 0 fully saturated rings. The summed E-state index contributed by atoms with van der Waals surface area (Å²) in [4.78, 5) is 2.62. The molecule has 0 aliphatic heterocycles. The molecule has 0 aliphatic carbocycles. The van der Waals surface area contributed by atoms with Gasteiger partial charge in [-0.3, -0.25) is 3.07 Å². The first-order valence-corrected chi connectivity index (χ1v) is 4.75. The van der Waals surface area contributed by atoms with Crippen LogP contribution in [0.1, 0.15) is 0 Å². The van der Waals surface area contributed by atoms with Crippen molar-refractivity contribution in [1.29, 1.82) is 0 Å². The molecule has 0 aliphatic rings. The molecule has 5 heteroatoms. The van der Waals surface area contributed by atoms with Crippen molar-refractivity contribution < 1.29 is 3.07 Å². The molecule has 0 bridgehead atoms. The summed E-state index contributed by atoms with van der Waals surface area (Å²) >= 11 is -1.24. The first kappa shape index (κ1) is 8.16. The molecule has 1 aromatic rings. The van der Waals surface area contributed by atoms with Crippen molar-refractivity contribution in [2.75, 3.05) is 0 Å². The number of rotatable bonds is 2. The number of nitrogens with zero attached hydrogens (tertiary/aromatic N) is 3. The van der Waals surface area contributed by atoms with Gasteiger partial charge in [0.2, 0.25) is 0 Å².